The largest absolute Gasteiger partial charge is 0.497 e. The van der Waals surface area contributed by atoms with Gasteiger partial charge in [-0.15, -0.1) is 0 Å². The summed E-state index contributed by atoms with van der Waals surface area (Å²) in [5, 5.41) is 13.1. The minimum Gasteiger partial charge on any atom is -0.497 e. The Bertz CT molecular complexity index is 1720. The third kappa shape index (κ3) is 4.46. The molecule has 4 aromatic rings. The monoisotopic (exact) mass is 584 g/mol. The Kier molecular flexibility index (Phi) is 7.11. The fourth-order valence-electron chi connectivity index (χ4n) is 5.87. The first-order valence-corrected chi connectivity index (χ1v) is 14.7. The van der Waals surface area contributed by atoms with Crippen molar-refractivity contribution in [3.63, 3.8) is 0 Å². The number of amides is 4. The molecule has 4 amide bonds. The second kappa shape index (κ2) is 10.9. The number of ether oxygens (including phenoxy) is 1. The van der Waals surface area contributed by atoms with Crippen molar-refractivity contribution in [2.45, 2.75) is 24.5 Å². The number of carboxylic acids is 1. The van der Waals surface area contributed by atoms with Crippen molar-refractivity contribution in [3.05, 3.63) is 95.2 Å². The lowest BCUT2D eigenvalue weighted by molar-refractivity contribution is -0.138. The summed E-state index contributed by atoms with van der Waals surface area (Å²) >= 11 is 1.28. The first-order valence-electron chi connectivity index (χ1n) is 13.3. The number of para-hydroxylation sites is 2. The van der Waals surface area contributed by atoms with Crippen LogP contribution in [0.15, 0.2) is 72.8 Å². The molecule has 10 nitrogen and oxygen atoms in total. The molecule has 0 unspecified atom stereocenters. The van der Waals surface area contributed by atoms with Gasteiger partial charge in [-0.1, -0.05) is 42.5 Å². The Balaban J connectivity index is 1.43. The highest BCUT2D eigenvalue weighted by Gasteiger charge is 2.53. The second-order valence-corrected chi connectivity index (χ2v) is 11.1. The summed E-state index contributed by atoms with van der Waals surface area (Å²) in [6.07, 6.45) is 2.04. The molecule has 3 heterocycles. The van der Waals surface area contributed by atoms with Gasteiger partial charge in [0, 0.05) is 28.8 Å². The minimum absolute atomic E-state index is 0.0383. The van der Waals surface area contributed by atoms with E-state index < -0.39 is 41.9 Å². The highest BCUT2D eigenvalue weighted by Crippen LogP contribution is 2.45. The molecule has 3 atom stereocenters. The molecule has 6 rings (SSSR count). The number of carbonyl (C=O) groups is 4. The van der Waals surface area contributed by atoms with Crippen LogP contribution in [0.3, 0.4) is 0 Å². The SMILES string of the molecule is COc1ccc([C@H]2c3[nH]c4ccccc4c3C[C@H]3C(=O)N(c4ccccc4C(=O)N[C@@H](CSC)C(=O)O)C(=O)N23)cc1. The molecule has 0 spiro atoms. The molecule has 1 aromatic heterocycles. The topological polar surface area (TPSA) is 132 Å². The zero-order valence-corrected chi connectivity index (χ0v) is 23.7. The number of imide groups is 1. The number of benzene rings is 3. The molecule has 1 saturated heterocycles. The Morgan fingerprint density at radius 2 is 1.79 bits per heavy atom. The smallest absolute Gasteiger partial charge is 0.332 e. The molecule has 3 N–H and O–H groups in total. The molecule has 214 valence electrons. The van der Waals surface area contributed by atoms with Crippen molar-refractivity contribution < 1.29 is 29.0 Å². The van der Waals surface area contributed by atoms with Gasteiger partial charge in [0.15, 0.2) is 0 Å². The number of H-pyrrole nitrogens is 1. The van der Waals surface area contributed by atoms with Gasteiger partial charge in [-0.2, -0.15) is 11.8 Å². The van der Waals surface area contributed by atoms with Gasteiger partial charge in [0.2, 0.25) is 0 Å². The number of nitrogens with one attached hydrogen (secondary N) is 2. The molecular weight excluding hydrogens is 556 g/mol. The molecule has 0 radical (unpaired) electrons. The number of rotatable bonds is 8. The van der Waals surface area contributed by atoms with E-state index >= 15 is 0 Å². The van der Waals surface area contributed by atoms with Crippen LogP contribution in [0.4, 0.5) is 10.5 Å². The second-order valence-electron chi connectivity index (χ2n) is 10.2. The molecule has 0 aliphatic carbocycles. The number of hydrogen-bond acceptors (Lipinski definition) is 6. The number of nitrogens with zero attached hydrogens (tertiary/aromatic N) is 2. The van der Waals surface area contributed by atoms with Gasteiger partial charge in [-0.05, 0) is 47.7 Å². The van der Waals surface area contributed by atoms with Gasteiger partial charge < -0.3 is 20.1 Å². The Hall–Kier alpha value is -4.77. The zero-order chi connectivity index (χ0) is 29.5. The zero-order valence-electron chi connectivity index (χ0n) is 22.9. The number of urea groups is 1. The summed E-state index contributed by atoms with van der Waals surface area (Å²) in [6, 6.07) is 18.4. The number of carbonyl (C=O) groups excluding carboxylic acids is 3. The Morgan fingerprint density at radius 1 is 1.07 bits per heavy atom. The molecule has 2 aliphatic rings. The van der Waals surface area contributed by atoms with E-state index in [0.717, 1.165) is 32.6 Å². The molecule has 0 bridgehead atoms. The van der Waals surface area contributed by atoms with Crippen molar-refractivity contribution in [1.82, 2.24) is 15.2 Å². The molecule has 1 fully saturated rings. The first-order chi connectivity index (χ1) is 20.3. The van der Waals surface area contributed by atoms with E-state index in [1.807, 2.05) is 48.5 Å². The van der Waals surface area contributed by atoms with Crippen molar-refractivity contribution in [3.8, 4) is 5.75 Å². The van der Waals surface area contributed by atoms with Crippen LogP contribution in [-0.4, -0.2) is 70.0 Å². The summed E-state index contributed by atoms with van der Waals surface area (Å²) in [6.45, 7) is 0. The number of aliphatic carboxylic acids is 1. The number of anilines is 1. The Labute approximate surface area is 245 Å². The first kappa shape index (κ1) is 27.4. The number of hydrogen-bond donors (Lipinski definition) is 3. The van der Waals surface area contributed by atoms with Crippen molar-refractivity contribution in [2.24, 2.45) is 0 Å². The van der Waals surface area contributed by atoms with Crippen molar-refractivity contribution >= 4 is 52.2 Å². The molecule has 11 heteroatoms. The van der Waals surface area contributed by atoms with Gasteiger partial charge in [0.25, 0.3) is 11.8 Å². The van der Waals surface area contributed by atoms with Crippen LogP contribution in [0, 0.1) is 0 Å². The lowest BCUT2D eigenvalue weighted by Crippen LogP contribution is -2.44. The molecule has 0 saturated carbocycles. The number of carboxylic acid groups (broad SMARTS) is 1. The summed E-state index contributed by atoms with van der Waals surface area (Å²) < 4.78 is 5.34. The summed E-state index contributed by atoms with van der Waals surface area (Å²) in [5.41, 5.74) is 3.64. The van der Waals surface area contributed by atoms with E-state index in [4.69, 9.17) is 4.74 Å². The van der Waals surface area contributed by atoms with E-state index in [1.165, 1.54) is 23.9 Å². The van der Waals surface area contributed by atoms with Gasteiger partial charge in [0.1, 0.15) is 23.9 Å². The van der Waals surface area contributed by atoms with Gasteiger partial charge >= 0.3 is 12.0 Å². The maximum absolute atomic E-state index is 14.3. The predicted octanol–water partition coefficient (Wildman–Crippen LogP) is 4.21. The van der Waals surface area contributed by atoms with Crippen LogP contribution in [0.2, 0.25) is 0 Å². The van der Waals surface area contributed by atoms with Crippen LogP contribution in [0.25, 0.3) is 10.9 Å². The minimum atomic E-state index is -1.17. The van der Waals surface area contributed by atoms with Gasteiger partial charge in [-0.3, -0.25) is 14.5 Å². The summed E-state index contributed by atoms with van der Waals surface area (Å²) in [4.78, 5) is 59.5. The van der Waals surface area contributed by atoms with E-state index in [9.17, 15) is 24.3 Å². The molecular formula is C31H28N4O6S. The van der Waals surface area contributed by atoms with E-state index in [0.29, 0.717) is 12.2 Å². The lowest BCUT2D eigenvalue weighted by Gasteiger charge is -2.36. The number of aromatic nitrogens is 1. The van der Waals surface area contributed by atoms with Crippen LogP contribution in [0.5, 0.6) is 5.75 Å². The van der Waals surface area contributed by atoms with E-state index in [2.05, 4.69) is 10.3 Å². The van der Waals surface area contributed by atoms with E-state index in [1.54, 1.807) is 30.4 Å². The fraction of sp³-hybridized carbons (Fsp3) is 0.226. The fourth-order valence-corrected chi connectivity index (χ4v) is 6.43. The summed E-state index contributed by atoms with van der Waals surface area (Å²) in [7, 11) is 1.58. The Morgan fingerprint density at radius 3 is 2.50 bits per heavy atom. The van der Waals surface area contributed by atoms with Crippen LogP contribution in [-0.2, 0) is 16.0 Å². The van der Waals surface area contributed by atoms with Crippen LogP contribution < -0.4 is 15.0 Å². The van der Waals surface area contributed by atoms with Gasteiger partial charge in [-0.25, -0.2) is 14.5 Å². The average Bonchev–Trinajstić information content (AvgIpc) is 3.49. The van der Waals surface area contributed by atoms with Crippen molar-refractivity contribution in [2.75, 3.05) is 24.0 Å². The van der Waals surface area contributed by atoms with Crippen molar-refractivity contribution in [1.29, 1.82) is 0 Å². The number of aromatic amines is 1. The maximum atomic E-state index is 14.3. The van der Waals surface area contributed by atoms with E-state index in [-0.39, 0.29) is 17.0 Å². The number of methoxy groups -OCH3 is 1. The van der Waals surface area contributed by atoms with Gasteiger partial charge in [0.05, 0.1) is 18.4 Å². The highest BCUT2D eigenvalue weighted by atomic mass is 32.2. The third-order valence-electron chi connectivity index (χ3n) is 7.81. The van der Waals surface area contributed by atoms with Crippen LogP contribution in [0.1, 0.15) is 33.2 Å². The predicted molar refractivity (Wildman–Crippen MR) is 159 cm³/mol. The highest BCUT2D eigenvalue weighted by molar-refractivity contribution is 7.98. The molecule has 2 aliphatic heterocycles. The maximum Gasteiger partial charge on any atom is 0.332 e. The third-order valence-corrected chi connectivity index (χ3v) is 8.47. The average molecular weight is 585 g/mol. The molecule has 3 aromatic carbocycles. The number of fused-ring (bicyclic) bond motifs is 4. The van der Waals surface area contributed by atoms with Crippen LogP contribution >= 0.6 is 11.8 Å². The summed E-state index contributed by atoms with van der Waals surface area (Å²) in [5.74, 6) is -1.48. The molecule has 42 heavy (non-hydrogen) atoms. The lowest BCUT2D eigenvalue weighted by atomic mass is 9.89. The quantitative estimate of drug-likeness (QED) is 0.265. The number of thioether (sulfide) groups is 1. The normalized spacial score (nSPS) is 18.5. The standard InChI is InChI=1S/C31H28N4O6S/c1-41-18-13-11-17(12-14-18)27-26-21(19-7-3-5-9-22(19)32-26)15-25-29(37)35(31(40)34(25)27)24-10-6-4-8-20(24)28(36)33-23(16-42-2)30(38)39/h3-14,23,25,27,32H,15-16H2,1-2H3,(H,33,36)(H,38,39)/t23-,25-,27-/m0/s1.